The van der Waals surface area contributed by atoms with Gasteiger partial charge >= 0.3 is 0 Å². The molecular formula is C27H34F2N2. The molecule has 0 radical (unpaired) electrons. The van der Waals surface area contributed by atoms with E-state index in [1.54, 1.807) is 6.07 Å². The molecule has 0 amide bonds. The van der Waals surface area contributed by atoms with E-state index in [9.17, 15) is 8.78 Å². The first-order chi connectivity index (χ1) is 14.8. The number of halogens is 2. The van der Waals surface area contributed by atoms with E-state index < -0.39 is 11.3 Å². The number of alkyl halides is 2. The largest absolute Gasteiger partial charge is 0.303 e. The summed E-state index contributed by atoms with van der Waals surface area (Å²) in [5, 5.41) is 7.32. The topological polar surface area (TPSA) is 27.0 Å². The van der Waals surface area contributed by atoms with Gasteiger partial charge in [-0.1, -0.05) is 48.5 Å². The Bertz CT molecular complexity index is 895. The Labute approximate surface area is 185 Å². The third-order valence-electron chi connectivity index (χ3n) is 6.63. The first-order valence-corrected chi connectivity index (χ1v) is 11.4. The average Bonchev–Trinajstić information content (AvgIpc) is 3.70. The van der Waals surface area contributed by atoms with Crippen molar-refractivity contribution in [1.29, 1.82) is 5.26 Å². The average molecular weight is 425 g/mol. The number of nitrogens with zero attached hydrogens (tertiary/aromatic N) is 2. The van der Waals surface area contributed by atoms with Crippen LogP contribution in [0.5, 0.6) is 0 Å². The van der Waals surface area contributed by atoms with Gasteiger partial charge in [-0.25, -0.2) is 8.78 Å². The van der Waals surface area contributed by atoms with Crippen LogP contribution in [0.3, 0.4) is 0 Å². The normalized spacial score (nSPS) is 18.5. The Hall–Kier alpha value is -2.25. The molecule has 2 fully saturated rings. The molecule has 4 heteroatoms. The van der Waals surface area contributed by atoms with E-state index in [1.165, 1.54) is 12.5 Å². The SMILES string of the molecule is CC#N.CC(CCc1ccc(C2(F)CC2)c(C2(F)CC2)c1)N(C)CCc1ccccc1. The maximum atomic E-state index is 14.8. The minimum atomic E-state index is -1.27. The molecule has 166 valence electrons. The van der Waals surface area contributed by atoms with Gasteiger partial charge in [0.25, 0.3) is 0 Å². The fraction of sp³-hybridized carbons (Fsp3) is 0.519. The van der Waals surface area contributed by atoms with Crippen LogP contribution in [-0.4, -0.2) is 24.5 Å². The molecule has 2 saturated carbocycles. The molecule has 2 nitrogen and oxygen atoms in total. The lowest BCUT2D eigenvalue weighted by Crippen LogP contribution is -2.31. The van der Waals surface area contributed by atoms with E-state index in [0.29, 0.717) is 42.9 Å². The monoisotopic (exact) mass is 424 g/mol. The number of likely N-dealkylation sites (N-methyl/N-ethyl adjacent to an activating group) is 1. The molecule has 0 heterocycles. The number of hydrogen-bond acceptors (Lipinski definition) is 2. The van der Waals surface area contributed by atoms with Crippen molar-refractivity contribution in [2.75, 3.05) is 13.6 Å². The number of aryl methyl sites for hydroxylation is 1. The Morgan fingerprint density at radius 2 is 1.52 bits per heavy atom. The molecule has 0 bridgehead atoms. The molecule has 0 aliphatic heterocycles. The van der Waals surface area contributed by atoms with Crippen molar-refractivity contribution in [3.63, 3.8) is 0 Å². The van der Waals surface area contributed by atoms with Crippen LogP contribution in [0.1, 0.15) is 68.2 Å². The second kappa shape index (κ2) is 9.92. The van der Waals surface area contributed by atoms with E-state index in [1.807, 2.05) is 24.3 Å². The third kappa shape index (κ3) is 6.14. The molecule has 2 aliphatic rings. The van der Waals surface area contributed by atoms with E-state index in [0.717, 1.165) is 31.4 Å². The summed E-state index contributed by atoms with van der Waals surface area (Å²) >= 11 is 0. The highest BCUT2D eigenvalue weighted by molar-refractivity contribution is 5.44. The van der Waals surface area contributed by atoms with Crippen LogP contribution in [0.2, 0.25) is 0 Å². The van der Waals surface area contributed by atoms with Crippen LogP contribution in [0.25, 0.3) is 0 Å². The molecule has 4 rings (SSSR count). The van der Waals surface area contributed by atoms with E-state index in [4.69, 9.17) is 5.26 Å². The summed E-state index contributed by atoms with van der Waals surface area (Å²) in [7, 11) is 2.17. The molecule has 2 aromatic carbocycles. The summed E-state index contributed by atoms with van der Waals surface area (Å²) in [4.78, 5) is 2.39. The first kappa shape index (κ1) is 23.4. The van der Waals surface area contributed by atoms with E-state index >= 15 is 0 Å². The highest BCUT2D eigenvalue weighted by Crippen LogP contribution is 2.58. The summed E-state index contributed by atoms with van der Waals surface area (Å²) in [6, 6.07) is 18.6. The Morgan fingerprint density at radius 1 is 0.935 bits per heavy atom. The minimum Gasteiger partial charge on any atom is -0.303 e. The van der Waals surface area contributed by atoms with Gasteiger partial charge in [-0.15, -0.1) is 0 Å². The zero-order valence-corrected chi connectivity index (χ0v) is 19.0. The van der Waals surface area contributed by atoms with Crippen LogP contribution in [0.15, 0.2) is 48.5 Å². The van der Waals surface area contributed by atoms with Crippen molar-refractivity contribution in [3.05, 3.63) is 70.8 Å². The second-order valence-corrected chi connectivity index (χ2v) is 9.14. The van der Waals surface area contributed by atoms with Crippen LogP contribution in [0, 0.1) is 11.3 Å². The second-order valence-electron chi connectivity index (χ2n) is 9.14. The summed E-state index contributed by atoms with van der Waals surface area (Å²) in [6.45, 7) is 4.70. The smallest absolute Gasteiger partial charge is 0.136 e. The van der Waals surface area contributed by atoms with Crippen molar-refractivity contribution in [2.24, 2.45) is 0 Å². The van der Waals surface area contributed by atoms with Crippen molar-refractivity contribution in [2.45, 2.75) is 76.2 Å². The molecule has 0 saturated heterocycles. The van der Waals surface area contributed by atoms with Crippen molar-refractivity contribution >= 4 is 0 Å². The maximum absolute atomic E-state index is 14.8. The summed E-state index contributed by atoms with van der Waals surface area (Å²) < 4.78 is 29.5. The van der Waals surface area contributed by atoms with E-state index in [2.05, 4.69) is 43.1 Å². The minimum absolute atomic E-state index is 0.447. The molecule has 2 aliphatic carbocycles. The van der Waals surface area contributed by atoms with Gasteiger partial charge in [-0.3, -0.25) is 0 Å². The van der Waals surface area contributed by atoms with Gasteiger partial charge in [0.1, 0.15) is 11.3 Å². The number of hydrogen-bond donors (Lipinski definition) is 0. The van der Waals surface area contributed by atoms with Crippen LogP contribution < -0.4 is 0 Å². The Balaban J connectivity index is 0.000000858. The highest BCUT2D eigenvalue weighted by atomic mass is 19.1. The first-order valence-electron chi connectivity index (χ1n) is 11.4. The lowest BCUT2D eigenvalue weighted by Gasteiger charge is -2.25. The predicted molar refractivity (Wildman–Crippen MR) is 122 cm³/mol. The summed E-state index contributed by atoms with van der Waals surface area (Å²) in [5.74, 6) is 0. The predicted octanol–water partition coefficient (Wildman–Crippen LogP) is 6.63. The van der Waals surface area contributed by atoms with Gasteiger partial charge in [-0.2, -0.15) is 5.26 Å². The van der Waals surface area contributed by atoms with Crippen LogP contribution >= 0.6 is 0 Å². The third-order valence-corrected chi connectivity index (χ3v) is 6.63. The molecule has 0 N–H and O–H groups in total. The maximum Gasteiger partial charge on any atom is 0.136 e. The lowest BCUT2D eigenvalue weighted by molar-refractivity contribution is 0.249. The highest BCUT2D eigenvalue weighted by Gasteiger charge is 2.53. The molecular weight excluding hydrogens is 390 g/mol. The molecule has 0 aromatic heterocycles. The molecule has 31 heavy (non-hydrogen) atoms. The van der Waals surface area contributed by atoms with Gasteiger partial charge in [0.2, 0.25) is 0 Å². The molecule has 1 unspecified atom stereocenters. The van der Waals surface area contributed by atoms with Gasteiger partial charge in [0.05, 0.1) is 6.07 Å². The Morgan fingerprint density at radius 3 is 2.10 bits per heavy atom. The van der Waals surface area contributed by atoms with Gasteiger partial charge in [-0.05, 0) is 81.2 Å². The number of rotatable bonds is 9. The van der Waals surface area contributed by atoms with Crippen LogP contribution in [0.4, 0.5) is 8.78 Å². The quantitative estimate of drug-likeness (QED) is 0.452. The number of nitriles is 1. The Kier molecular flexibility index (Phi) is 7.49. The van der Waals surface area contributed by atoms with Crippen LogP contribution in [-0.2, 0) is 24.2 Å². The summed E-state index contributed by atoms with van der Waals surface area (Å²) in [6.07, 6.45) is 5.13. The van der Waals surface area contributed by atoms with E-state index in [-0.39, 0.29) is 0 Å². The zero-order valence-electron chi connectivity index (χ0n) is 19.0. The zero-order chi connectivity index (χ0) is 22.5. The summed E-state index contributed by atoms with van der Waals surface area (Å²) in [5.41, 5.74) is 1.21. The molecule has 2 aromatic rings. The van der Waals surface area contributed by atoms with Crippen molar-refractivity contribution in [1.82, 2.24) is 4.90 Å². The fourth-order valence-corrected chi connectivity index (χ4v) is 4.03. The van der Waals surface area contributed by atoms with Gasteiger partial charge < -0.3 is 4.90 Å². The fourth-order valence-electron chi connectivity index (χ4n) is 4.03. The lowest BCUT2D eigenvalue weighted by atomic mass is 9.92. The van der Waals surface area contributed by atoms with Crippen molar-refractivity contribution < 1.29 is 8.78 Å². The molecule has 1 atom stereocenters. The number of benzene rings is 2. The van der Waals surface area contributed by atoms with Gasteiger partial charge in [0, 0.05) is 19.5 Å². The van der Waals surface area contributed by atoms with Gasteiger partial charge in [0.15, 0.2) is 0 Å². The standard InChI is InChI=1S/C25H31F2N.C2H3N/c1-19(28(2)17-12-20-6-4-3-5-7-20)8-9-21-10-11-22(24(26)13-14-24)23(18-21)25(27)15-16-25;1-2-3/h3-7,10-11,18-19H,8-9,12-17H2,1-2H3;1H3. The molecule has 0 spiro atoms. The van der Waals surface area contributed by atoms with Crippen molar-refractivity contribution in [3.8, 4) is 6.07 Å².